The van der Waals surface area contributed by atoms with Gasteiger partial charge in [0.1, 0.15) is 0 Å². The number of nitrogens with two attached hydrogens (primary N) is 1. The third kappa shape index (κ3) is 2.73. The molecule has 0 bridgehead atoms. The van der Waals surface area contributed by atoms with E-state index < -0.39 is 9.84 Å². The Morgan fingerprint density at radius 2 is 2.05 bits per heavy atom. The molecule has 0 unspecified atom stereocenters. The van der Waals surface area contributed by atoms with Gasteiger partial charge in [0, 0.05) is 27.6 Å². The van der Waals surface area contributed by atoms with Crippen LogP contribution in [-0.4, -0.2) is 27.5 Å². The van der Waals surface area contributed by atoms with Crippen LogP contribution in [0.25, 0.3) is 0 Å². The molecule has 0 aromatic heterocycles. The Morgan fingerprint density at radius 3 is 2.42 bits per heavy atom. The molecule has 2 rings (SSSR count). The van der Waals surface area contributed by atoms with Crippen LogP contribution in [0, 0.1) is 0 Å². The van der Waals surface area contributed by atoms with Gasteiger partial charge in [-0.25, -0.2) is 8.42 Å². The number of halogens is 1. The van der Waals surface area contributed by atoms with Gasteiger partial charge in [-0.1, -0.05) is 6.42 Å². The molecule has 1 aromatic carbocycles. The Balaban J connectivity index is 2.64. The normalized spacial score (nSPS) is 18.1. The summed E-state index contributed by atoms with van der Waals surface area (Å²) in [7, 11) is -3.23. The zero-order valence-corrected chi connectivity index (χ0v) is 14.3. The van der Waals surface area contributed by atoms with E-state index in [0.717, 1.165) is 34.2 Å². The van der Waals surface area contributed by atoms with Crippen LogP contribution in [0.4, 0.5) is 0 Å². The lowest BCUT2D eigenvalue weighted by molar-refractivity contribution is 0.252. The average Bonchev–Trinajstić information content (AvgIpc) is 2.26. The maximum Gasteiger partial charge on any atom is 0.176 e. The van der Waals surface area contributed by atoms with E-state index in [1.165, 1.54) is 18.0 Å². The van der Waals surface area contributed by atoms with Crippen molar-refractivity contribution < 1.29 is 8.42 Å². The number of thioether (sulfide) groups is 1. The van der Waals surface area contributed by atoms with E-state index in [2.05, 4.69) is 15.9 Å². The predicted molar refractivity (Wildman–Crippen MR) is 83.6 cm³/mol. The maximum absolute atomic E-state index is 12.0. The van der Waals surface area contributed by atoms with Gasteiger partial charge in [-0.3, -0.25) is 0 Å². The summed E-state index contributed by atoms with van der Waals surface area (Å²) in [6.07, 6.45) is 6.38. The van der Waals surface area contributed by atoms with Crippen molar-refractivity contribution >= 4 is 37.5 Å². The van der Waals surface area contributed by atoms with E-state index in [1.54, 1.807) is 0 Å². The highest BCUT2D eigenvalue weighted by atomic mass is 79.9. The molecule has 2 N–H and O–H groups in total. The molecule has 0 spiro atoms. The van der Waals surface area contributed by atoms with Crippen LogP contribution in [0.3, 0.4) is 0 Å². The lowest BCUT2D eigenvalue weighted by atomic mass is 9.64. The van der Waals surface area contributed by atoms with Crippen LogP contribution in [0.2, 0.25) is 0 Å². The highest BCUT2D eigenvalue weighted by molar-refractivity contribution is 9.10. The largest absolute Gasteiger partial charge is 0.330 e. The second kappa shape index (κ2) is 5.39. The van der Waals surface area contributed by atoms with Crippen molar-refractivity contribution in [2.75, 3.05) is 19.1 Å². The topological polar surface area (TPSA) is 60.2 Å². The number of benzene rings is 1. The summed E-state index contributed by atoms with van der Waals surface area (Å²) >= 11 is 4.94. The molecule has 3 nitrogen and oxygen atoms in total. The van der Waals surface area contributed by atoms with Crippen molar-refractivity contribution in [3.05, 3.63) is 22.2 Å². The molecule has 0 amide bonds. The molecular weight excluding hydrogens is 346 g/mol. The molecule has 0 aliphatic heterocycles. The predicted octanol–water partition coefficient (Wildman–Crippen LogP) is 2.95. The van der Waals surface area contributed by atoms with Crippen molar-refractivity contribution in [1.29, 1.82) is 0 Å². The minimum atomic E-state index is -3.23. The number of rotatable bonds is 4. The van der Waals surface area contributed by atoms with Gasteiger partial charge in [-0.15, -0.1) is 11.8 Å². The molecule has 6 heteroatoms. The molecule has 0 radical (unpaired) electrons. The van der Waals surface area contributed by atoms with Crippen molar-refractivity contribution in [2.24, 2.45) is 5.73 Å². The molecule has 0 heterocycles. The van der Waals surface area contributed by atoms with Gasteiger partial charge in [0.05, 0.1) is 4.90 Å². The van der Waals surface area contributed by atoms with E-state index in [-0.39, 0.29) is 5.41 Å². The second-order valence-corrected chi connectivity index (χ2v) is 8.75. The highest BCUT2D eigenvalue weighted by Crippen LogP contribution is 2.46. The van der Waals surface area contributed by atoms with Gasteiger partial charge in [0.25, 0.3) is 0 Å². The van der Waals surface area contributed by atoms with Crippen LogP contribution < -0.4 is 5.73 Å². The molecule has 19 heavy (non-hydrogen) atoms. The van der Waals surface area contributed by atoms with E-state index >= 15 is 0 Å². The van der Waals surface area contributed by atoms with Crippen molar-refractivity contribution in [3.63, 3.8) is 0 Å². The molecule has 0 saturated heterocycles. The lowest BCUT2D eigenvalue weighted by Crippen LogP contribution is -2.41. The Kier molecular flexibility index (Phi) is 4.35. The molecule has 1 fully saturated rings. The molecule has 1 saturated carbocycles. The fourth-order valence-electron chi connectivity index (χ4n) is 2.56. The number of hydrogen-bond acceptors (Lipinski definition) is 4. The fraction of sp³-hybridized carbons (Fsp3) is 0.538. The first-order chi connectivity index (χ1) is 8.84. The maximum atomic E-state index is 12.0. The van der Waals surface area contributed by atoms with Gasteiger partial charge < -0.3 is 5.73 Å². The average molecular weight is 364 g/mol. The molecule has 0 atom stereocenters. The molecule has 1 aliphatic rings. The lowest BCUT2D eigenvalue weighted by Gasteiger charge is -2.42. The summed E-state index contributed by atoms with van der Waals surface area (Å²) in [6, 6.07) is 3.85. The standard InChI is InChI=1S/C13H18BrNO2S2/c1-18-12-10(14)6-9(7-11(12)19(2,16)17)13(8-15)4-3-5-13/h6-7H,3-5,8,15H2,1-2H3. The van der Waals surface area contributed by atoms with E-state index in [9.17, 15) is 8.42 Å². The van der Waals surface area contributed by atoms with Gasteiger partial charge in [0.2, 0.25) is 0 Å². The summed E-state index contributed by atoms with van der Waals surface area (Å²) in [4.78, 5) is 1.18. The SMILES string of the molecule is CSc1c(Br)cc(C2(CN)CCC2)cc1S(C)(=O)=O. The first-order valence-electron chi connectivity index (χ1n) is 6.12. The molecule has 1 aromatic rings. The summed E-state index contributed by atoms with van der Waals surface area (Å²) in [6.45, 7) is 0.571. The van der Waals surface area contributed by atoms with Crippen LogP contribution in [-0.2, 0) is 15.3 Å². The third-order valence-corrected chi connectivity index (χ3v) is 6.91. The minimum absolute atomic E-state index is 0.0289. The summed E-state index contributed by atoms with van der Waals surface area (Å²) < 4.78 is 24.8. The minimum Gasteiger partial charge on any atom is -0.330 e. The van der Waals surface area contributed by atoms with E-state index in [0.29, 0.717) is 11.4 Å². The smallest absolute Gasteiger partial charge is 0.176 e. The van der Waals surface area contributed by atoms with Crippen molar-refractivity contribution in [2.45, 2.75) is 34.5 Å². The van der Waals surface area contributed by atoms with Crippen LogP contribution in [0.1, 0.15) is 24.8 Å². The van der Waals surface area contributed by atoms with Crippen LogP contribution in [0.5, 0.6) is 0 Å². The first-order valence-corrected chi connectivity index (χ1v) is 10.0. The van der Waals surface area contributed by atoms with Crippen molar-refractivity contribution in [3.8, 4) is 0 Å². The van der Waals surface area contributed by atoms with Gasteiger partial charge >= 0.3 is 0 Å². The molecular formula is C13H18BrNO2S2. The zero-order valence-electron chi connectivity index (χ0n) is 11.1. The summed E-state index contributed by atoms with van der Waals surface area (Å²) in [5.41, 5.74) is 6.93. The van der Waals surface area contributed by atoms with Gasteiger partial charge in [-0.2, -0.15) is 0 Å². The Morgan fingerprint density at radius 1 is 1.42 bits per heavy atom. The highest BCUT2D eigenvalue weighted by Gasteiger charge is 2.38. The third-order valence-electron chi connectivity index (χ3n) is 3.93. The van der Waals surface area contributed by atoms with Crippen LogP contribution >= 0.6 is 27.7 Å². The monoisotopic (exact) mass is 363 g/mol. The fourth-order valence-corrected chi connectivity index (χ4v) is 5.65. The number of hydrogen-bond donors (Lipinski definition) is 1. The molecule has 1 aliphatic carbocycles. The van der Waals surface area contributed by atoms with Crippen LogP contribution in [0.15, 0.2) is 26.4 Å². The van der Waals surface area contributed by atoms with Crippen molar-refractivity contribution in [1.82, 2.24) is 0 Å². The Labute approximate surface area is 127 Å². The zero-order chi connectivity index (χ0) is 14.3. The summed E-state index contributed by atoms with van der Waals surface area (Å²) in [5.74, 6) is 0. The second-order valence-electron chi connectivity index (χ2n) is 5.10. The summed E-state index contributed by atoms with van der Waals surface area (Å²) in [5, 5.41) is 0. The van der Waals surface area contributed by atoms with E-state index in [1.807, 2.05) is 18.4 Å². The number of sulfone groups is 1. The van der Waals surface area contributed by atoms with Gasteiger partial charge in [-0.05, 0) is 52.7 Å². The van der Waals surface area contributed by atoms with Gasteiger partial charge in [0.15, 0.2) is 9.84 Å². The van der Waals surface area contributed by atoms with E-state index in [4.69, 9.17) is 5.73 Å². The molecule has 106 valence electrons. The quantitative estimate of drug-likeness (QED) is 0.835. The Hall–Kier alpha value is -0.0400. The Bertz CT molecular complexity index is 589. The first kappa shape index (κ1) is 15.4.